The van der Waals surface area contributed by atoms with Gasteiger partial charge in [-0.1, -0.05) is 36.4 Å². The Hall–Kier alpha value is -3.95. The van der Waals surface area contributed by atoms with E-state index in [1.165, 1.54) is 5.56 Å². The minimum absolute atomic E-state index is 0.190. The summed E-state index contributed by atoms with van der Waals surface area (Å²) < 4.78 is 16.9. The van der Waals surface area contributed by atoms with Gasteiger partial charge in [-0.2, -0.15) is 5.10 Å². The molecule has 0 spiro atoms. The van der Waals surface area contributed by atoms with E-state index in [2.05, 4.69) is 63.6 Å². The Morgan fingerprint density at radius 1 is 1.05 bits per heavy atom. The zero-order valence-electron chi connectivity index (χ0n) is 25.3. The average Bonchev–Trinajstić information content (AvgIpc) is 3.45. The van der Waals surface area contributed by atoms with E-state index in [0.717, 1.165) is 77.8 Å². The lowest BCUT2D eigenvalue weighted by Crippen LogP contribution is -2.39. The third-order valence-electron chi connectivity index (χ3n) is 9.37. The van der Waals surface area contributed by atoms with Crippen LogP contribution in [0, 0.1) is 6.92 Å². The van der Waals surface area contributed by atoms with Crippen molar-refractivity contribution < 1.29 is 14.0 Å². The first kappa shape index (κ1) is 30.1. The summed E-state index contributed by atoms with van der Waals surface area (Å²) in [6.07, 6.45) is 7.81. The number of carbonyl (C=O) groups excluding carboxylic acids is 2. The van der Waals surface area contributed by atoms with Crippen LogP contribution in [0.5, 0.6) is 0 Å². The summed E-state index contributed by atoms with van der Waals surface area (Å²) in [6, 6.07) is 16.7. The van der Waals surface area contributed by atoms with E-state index in [1.807, 2.05) is 22.8 Å². The maximum atomic E-state index is 15.0. The smallest absolute Gasteiger partial charge is 0.234 e. The number of likely N-dealkylation sites (tertiary alicyclic amines) is 1. The lowest BCUT2D eigenvalue weighted by molar-refractivity contribution is -0.134. The predicted octanol–water partition coefficient (Wildman–Crippen LogP) is 5.22. The maximum Gasteiger partial charge on any atom is 0.234 e. The zero-order chi connectivity index (χ0) is 30.6. The number of aromatic nitrogens is 3. The number of amides is 2. The normalized spacial score (nSPS) is 18.9. The van der Waals surface area contributed by atoms with Crippen LogP contribution in [0.4, 0.5) is 4.39 Å². The molecule has 230 valence electrons. The van der Waals surface area contributed by atoms with Crippen LogP contribution in [0.3, 0.4) is 0 Å². The van der Waals surface area contributed by atoms with Crippen molar-refractivity contribution in [3.63, 3.8) is 0 Å². The summed E-state index contributed by atoms with van der Waals surface area (Å²) >= 11 is 0. The lowest BCUT2D eigenvalue weighted by Gasteiger charge is -2.33. The van der Waals surface area contributed by atoms with Crippen molar-refractivity contribution in [1.29, 1.82) is 0 Å². The maximum absolute atomic E-state index is 15.0. The number of hydrogen-bond acceptors (Lipinski definition) is 6. The molecule has 6 rings (SSSR count). The molecule has 2 aromatic heterocycles. The first-order valence-electron chi connectivity index (χ1n) is 15.8. The Morgan fingerprint density at radius 3 is 2.55 bits per heavy atom. The summed E-state index contributed by atoms with van der Waals surface area (Å²) in [5, 5.41) is 6.84. The van der Waals surface area contributed by atoms with Crippen LogP contribution in [0.25, 0.3) is 16.8 Å². The van der Waals surface area contributed by atoms with Crippen LogP contribution < -0.4 is 11.1 Å². The highest BCUT2D eigenvalue weighted by Gasteiger charge is 2.28. The van der Waals surface area contributed by atoms with Gasteiger partial charge in [-0.15, -0.1) is 0 Å². The molecule has 2 amide bonds. The summed E-state index contributed by atoms with van der Waals surface area (Å²) in [7, 11) is 0. The molecule has 2 aliphatic rings. The molecule has 0 bridgehead atoms. The lowest BCUT2D eigenvalue weighted by atomic mass is 9.86. The summed E-state index contributed by atoms with van der Waals surface area (Å²) in [4.78, 5) is 30.5. The minimum atomic E-state index is -0.851. The van der Waals surface area contributed by atoms with Gasteiger partial charge in [0.2, 0.25) is 11.8 Å². The van der Waals surface area contributed by atoms with Crippen LogP contribution >= 0.6 is 0 Å². The molecule has 1 unspecified atom stereocenters. The highest BCUT2D eigenvalue weighted by Crippen LogP contribution is 2.31. The van der Waals surface area contributed by atoms with Gasteiger partial charge in [0.05, 0.1) is 17.1 Å². The molecule has 2 fully saturated rings. The van der Waals surface area contributed by atoms with Gasteiger partial charge in [0.25, 0.3) is 0 Å². The number of nitrogens with zero attached hydrogens (tertiary/aromatic N) is 4. The van der Waals surface area contributed by atoms with Gasteiger partial charge < -0.3 is 10.6 Å². The molecule has 0 saturated carbocycles. The van der Waals surface area contributed by atoms with Crippen molar-refractivity contribution >= 4 is 17.3 Å². The van der Waals surface area contributed by atoms with Gasteiger partial charge in [-0.05, 0) is 104 Å². The molecular formula is C35H41FN6O2. The van der Waals surface area contributed by atoms with Crippen molar-refractivity contribution in [3.8, 4) is 11.3 Å². The molecule has 4 heterocycles. The topological polar surface area (TPSA) is 106 Å². The molecule has 0 aliphatic carbocycles. The summed E-state index contributed by atoms with van der Waals surface area (Å²) in [6.45, 7) is 4.83. The third kappa shape index (κ3) is 6.74. The Bertz CT molecular complexity index is 1630. The van der Waals surface area contributed by atoms with Gasteiger partial charge in [0, 0.05) is 31.3 Å². The Balaban J connectivity index is 0.965. The number of nitrogens with two attached hydrogens (primary N) is 1. The fraction of sp³-hybridized carbons (Fsp3) is 0.429. The average molecular weight is 597 g/mol. The van der Waals surface area contributed by atoms with E-state index in [9.17, 15) is 9.59 Å². The predicted molar refractivity (Wildman–Crippen MR) is 169 cm³/mol. The number of hydrogen-bond donors (Lipinski definition) is 2. The van der Waals surface area contributed by atoms with E-state index >= 15 is 4.39 Å². The second-order valence-corrected chi connectivity index (χ2v) is 12.4. The Kier molecular flexibility index (Phi) is 9.14. The van der Waals surface area contributed by atoms with E-state index in [4.69, 9.17) is 5.73 Å². The molecule has 0 radical (unpaired) electrons. The van der Waals surface area contributed by atoms with Crippen molar-refractivity contribution in [2.75, 3.05) is 19.6 Å². The molecular weight excluding hydrogens is 555 g/mol. The number of alkyl halides is 1. The summed E-state index contributed by atoms with van der Waals surface area (Å²) in [5.41, 5.74) is 14.3. The second-order valence-electron chi connectivity index (χ2n) is 12.4. The van der Waals surface area contributed by atoms with Crippen LogP contribution in [0.1, 0.15) is 78.2 Å². The molecule has 9 heteroatoms. The van der Waals surface area contributed by atoms with E-state index in [-0.39, 0.29) is 17.7 Å². The van der Waals surface area contributed by atoms with E-state index in [1.54, 1.807) is 6.33 Å². The van der Waals surface area contributed by atoms with Gasteiger partial charge >= 0.3 is 0 Å². The van der Waals surface area contributed by atoms with E-state index < -0.39 is 6.17 Å². The van der Waals surface area contributed by atoms with Crippen molar-refractivity contribution in [2.24, 2.45) is 5.73 Å². The number of fused-ring (bicyclic) bond motifs is 1. The standard InChI is InChI=1S/C35H41FN6O2/c1-23-17-28(9-10-29(23)19-37)34-32-18-24(20-42(32)39-22-38-34)3-2-4-30(36)21-41-15-13-26(14-16-41)25-5-7-27(8-6-25)31-11-12-33(43)40-35(31)44/h5-10,17-18,20,22,26,30-31H,2-4,11-16,19,21,37H2,1H3,(H,40,43,44)/t30-,31?/m0/s1. The SMILES string of the molecule is Cc1cc(-c2ncnn3cc(CCC[C@H](F)CN4CCC(c5ccc(C6CCC(=O)NC6=O)cc5)CC4)cc23)ccc1CN. The summed E-state index contributed by atoms with van der Waals surface area (Å²) in [5.74, 6) is -0.198. The fourth-order valence-electron chi connectivity index (χ4n) is 6.77. The largest absolute Gasteiger partial charge is 0.326 e. The molecule has 44 heavy (non-hydrogen) atoms. The van der Waals surface area contributed by atoms with Gasteiger partial charge in [-0.25, -0.2) is 13.9 Å². The molecule has 2 aliphatic heterocycles. The molecule has 2 atom stereocenters. The number of halogens is 1. The number of nitrogens with one attached hydrogen (secondary N) is 1. The Morgan fingerprint density at radius 2 is 1.82 bits per heavy atom. The monoisotopic (exact) mass is 596 g/mol. The van der Waals surface area contributed by atoms with E-state index in [0.29, 0.717) is 38.3 Å². The molecule has 2 aromatic carbocycles. The highest BCUT2D eigenvalue weighted by molar-refractivity contribution is 6.00. The number of benzene rings is 2. The van der Waals surface area contributed by atoms with Gasteiger partial charge in [0.15, 0.2) is 0 Å². The van der Waals surface area contributed by atoms with Crippen molar-refractivity contribution in [2.45, 2.75) is 76.4 Å². The quantitative estimate of drug-likeness (QED) is 0.243. The van der Waals surface area contributed by atoms with Crippen molar-refractivity contribution in [3.05, 3.63) is 88.9 Å². The fourth-order valence-corrected chi connectivity index (χ4v) is 6.77. The molecule has 3 N–H and O–H groups in total. The second kappa shape index (κ2) is 13.4. The molecule has 8 nitrogen and oxygen atoms in total. The van der Waals surface area contributed by atoms with Gasteiger partial charge in [-0.3, -0.25) is 14.9 Å². The highest BCUT2D eigenvalue weighted by atomic mass is 19.1. The Labute approximate surface area is 257 Å². The van der Waals surface area contributed by atoms with Crippen LogP contribution in [-0.4, -0.2) is 57.1 Å². The first-order valence-corrected chi connectivity index (χ1v) is 15.8. The number of rotatable bonds is 10. The zero-order valence-corrected chi connectivity index (χ0v) is 25.3. The molecule has 4 aromatic rings. The van der Waals surface area contributed by atoms with Crippen LogP contribution in [-0.2, 0) is 22.6 Å². The number of aryl methyl sites for hydroxylation is 2. The molecule has 2 saturated heterocycles. The number of imide groups is 1. The number of carbonyl (C=O) groups is 2. The number of piperidine rings is 2. The minimum Gasteiger partial charge on any atom is -0.326 e. The van der Waals surface area contributed by atoms with Crippen LogP contribution in [0.15, 0.2) is 61.1 Å². The van der Waals surface area contributed by atoms with Gasteiger partial charge in [0.1, 0.15) is 12.5 Å². The first-order chi connectivity index (χ1) is 21.4. The third-order valence-corrected chi connectivity index (χ3v) is 9.37. The van der Waals surface area contributed by atoms with Crippen molar-refractivity contribution in [1.82, 2.24) is 24.8 Å². The van der Waals surface area contributed by atoms with Crippen LogP contribution in [0.2, 0.25) is 0 Å².